The zero-order valence-electron chi connectivity index (χ0n) is 20.6. The van der Waals surface area contributed by atoms with Gasteiger partial charge in [-0.05, 0) is 47.5 Å². The van der Waals surface area contributed by atoms with Crippen LogP contribution in [0.2, 0.25) is 0 Å². The molecule has 0 N–H and O–H groups in total. The summed E-state index contributed by atoms with van der Waals surface area (Å²) in [5.74, 6) is 1.56. The van der Waals surface area contributed by atoms with E-state index < -0.39 is 0 Å². The summed E-state index contributed by atoms with van der Waals surface area (Å²) in [6.07, 6.45) is 0. The van der Waals surface area contributed by atoms with Crippen LogP contribution in [0.25, 0.3) is 17.1 Å². The van der Waals surface area contributed by atoms with Gasteiger partial charge in [0.2, 0.25) is 0 Å². The molecule has 6 heteroatoms. The first-order valence-electron chi connectivity index (χ1n) is 11.8. The van der Waals surface area contributed by atoms with Crippen LogP contribution in [-0.4, -0.2) is 36.0 Å². The predicted molar refractivity (Wildman–Crippen MR) is 148 cm³/mol. The van der Waals surface area contributed by atoms with Crippen molar-refractivity contribution in [3.8, 4) is 22.8 Å². The number of thioether (sulfide) groups is 1. The Hall–Kier alpha value is -4.03. The molecule has 0 aliphatic heterocycles. The maximum atomic E-state index is 5.48. The average molecular weight is 493 g/mol. The lowest BCUT2D eigenvalue weighted by Gasteiger charge is -2.19. The minimum atomic E-state index is 0.0644. The number of nitrogens with zero attached hydrogens (tertiary/aromatic N) is 4. The Labute approximate surface area is 216 Å². The first-order chi connectivity index (χ1) is 17.6. The molecule has 0 radical (unpaired) electrons. The summed E-state index contributed by atoms with van der Waals surface area (Å²) in [4.78, 5) is 2.09. The Morgan fingerprint density at radius 3 is 1.97 bits per heavy atom. The van der Waals surface area contributed by atoms with Gasteiger partial charge in [-0.1, -0.05) is 84.6 Å². The third-order valence-electron chi connectivity index (χ3n) is 6.01. The fourth-order valence-electron chi connectivity index (χ4n) is 4.12. The summed E-state index contributed by atoms with van der Waals surface area (Å²) >= 11 is 1.70. The normalized spacial score (nSPS) is 11.0. The van der Waals surface area contributed by atoms with E-state index in [4.69, 9.17) is 9.84 Å². The molecule has 0 spiro atoms. The van der Waals surface area contributed by atoms with Crippen LogP contribution >= 0.6 is 11.8 Å². The molecule has 5 aromatic rings. The molecule has 0 aliphatic carbocycles. The van der Waals surface area contributed by atoms with Gasteiger partial charge in [0, 0.05) is 31.0 Å². The maximum Gasteiger partial charge on any atom is 0.197 e. The van der Waals surface area contributed by atoms with Crippen LogP contribution in [0.4, 0.5) is 5.69 Å². The quantitative estimate of drug-likeness (QED) is 0.221. The van der Waals surface area contributed by atoms with Gasteiger partial charge in [0.05, 0.1) is 12.4 Å². The highest BCUT2D eigenvalue weighted by Gasteiger charge is 2.23. The van der Waals surface area contributed by atoms with Crippen molar-refractivity contribution in [2.45, 2.75) is 10.4 Å². The molecule has 0 aliphatic rings. The van der Waals surface area contributed by atoms with Gasteiger partial charge in [0.25, 0.3) is 0 Å². The monoisotopic (exact) mass is 492 g/mol. The third kappa shape index (κ3) is 4.99. The summed E-state index contributed by atoms with van der Waals surface area (Å²) in [6, 6.07) is 37.5. The van der Waals surface area contributed by atoms with Crippen molar-refractivity contribution in [3.05, 3.63) is 120 Å². The number of aromatic nitrogens is 3. The standard InChI is InChI=1S/C30H28N4OS/c1-33(2)25-17-19-26(20-18-25)34-29(24-15-10-16-27(21-24)35-3)31-32-30(34)36-28(22-11-6-4-7-12-22)23-13-8-5-9-14-23/h4-21,28H,1-3H3. The van der Waals surface area contributed by atoms with Crippen LogP contribution < -0.4 is 9.64 Å². The molecule has 1 heterocycles. The number of rotatable bonds is 8. The first-order valence-corrected chi connectivity index (χ1v) is 12.7. The summed E-state index contributed by atoms with van der Waals surface area (Å²) in [6.45, 7) is 0. The van der Waals surface area contributed by atoms with Crippen molar-refractivity contribution in [1.82, 2.24) is 14.8 Å². The first kappa shape index (κ1) is 23.7. The van der Waals surface area contributed by atoms with E-state index in [9.17, 15) is 0 Å². The van der Waals surface area contributed by atoms with Crippen molar-refractivity contribution < 1.29 is 4.74 Å². The molecule has 4 aromatic carbocycles. The number of ether oxygens (including phenoxy) is 1. The van der Waals surface area contributed by atoms with E-state index in [-0.39, 0.29) is 5.25 Å². The van der Waals surface area contributed by atoms with Gasteiger partial charge in [0.15, 0.2) is 11.0 Å². The zero-order valence-corrected chi connectivity index (χ0v) is 21.4. The van der Waals surface area contributed by atoms with E-state index in [1.54, 1.807) is 18.9 Å². The summed E-state index contributed by atoms with van der Waals surface area (Å²) in [5, 5.41) is 10.2. The second-order valence-corrected chi connectivity index (χ2v) is 9.68. The molecule has 36 heavy (non-hydrogen) atoms. The highest BCUT2D eigenvalue weighted by Crippen LogP contribution is 2.41. The Balaban J connectivity index is 1.64. The second-order valence-electron chi connectivity index (χ2n) is 8.60. The lowest BCUT2D eigenvalue weighted by Crippen LogP contribution is -2.09. The van der Waals surface area contributed by atoms with Crippen molar-refractivity contribution in [2.75, 3.05) is 26.1 Å². The molecule has 0 amide bonds. The van der Waals surface area contributed by atoms with E-state index in [1.165, 1.54) is 11.1 Å². The van der Waals surface area contributed by atoms with Crippen LogP contribution in [0.15, 0.2) is 114 Å². The molecule has 0 fully saturated rings. The Morgan fingerprint density at radius 1 is 0.750 bits per heavy atom. The van der Waals surface area contributed by atoms with Crippen LogP contribution in [0, 0.1) is 0 Å². The lowest BCUT2D eigenvalue weighted by atomic mass is 10.0. The van der Waals surface area contributed by atoms with E-state index in [0.717, 1.165) is 33.7 Å². The van der Waals surface area contributed by atoms with E-state index in [0.29, 0.717) is 0 Å². The van der Waals surface area contributed by atoms with Gasteiger partial charge >= 0.3 is 0 Å². The van der Waals surface area contributed by atoms with Crippen LogP contribution in [-0.2, 0) is 0 Å². The molecule has 180 valence electrons. The van der Waals surface area contributed by atoms with Gasteiger partial charge in [-0.3, -0.25) is 4.57 Å². The van der Waals surface area contributed by atoms with Gasteiger partial charge in [0.1, 0.15) is 5.75 Å². The highest BCUT2D eigenvalue weighted by atomic mass is 32.2. The van der Waals surface area contributed by atoms with Crippen molar-refractivity contribution in [1.29, 1.82) is 0 Å². The molecule has 5 rings (SSSR count). The van der Waals surface area contributed by atoms with Gasteiger partial charge in [-0.15, -0.1) is 10.2 Å². The van der Waals surface area contributed by atoms with Gasteiger partial charge < -0.3 is 9.64 Å². The molecule has 1 aromatic heterocycles. The summed E-state index contributed by atoms with van der Waals surface area (Å²) in [7, 11) is 5.76. The van der Waals surface area contributed by atoms with E-state index in [1.807, 2.05) is 50.5 Å². The predicted octanol–water partition coefficient (Wildman–Crippen LogP) is 6.89. The minimum Gasteiger partial charge on any atom is -0.497 e. The molecule has 0 saturated carbocycles. The van der Waals surface area contributed by atoms with Gasteiger partial charge in [-0.25, -0.2) is 0 Å². The third-order valence-corrected chi connectivity index (χ3v) is 7.27. The maximum absolute atomic E-state index is 5.48. The molecular weight excluding hydrogens is 464 g/mol. The molecule has 5 nitrogen and oxygen atoms in total. The number of benzene rings is 4. The van der Waals surface area contributed by atoms with Crippen LogP contribution in [0.3, 0.4) is 0 Å². The Morgan fingerprint density at radius 2 is 1.39 bits per heavy atom. The highest BCUT2D eigenvalue weighted by molar-refractivity contribution is 7.99. The van der Waals surface area contributed by atoms with Crippen molar-refractivity contribution >= 4 is 17.4 Å². The fourth-order valence-corrected chi connectivity index (χ4v) is 5.30. The molecule has 0 saturated heterocycles. The fraction of sp³-hybridized carbons (Fsp3) is 0.133. The van der Waals surface area contributed by atoms with Gasteiger partial charge in [-0.2, -0.15) is 0 Å². The number of anilines is 1. The number of hydrogen-bond donors (Lipinski definition) is 0. The Kier molecular flexibility index (Phi) is 7.05. The van der Waals surface area contributed by atoms with E-state index in [2.05, 4.69) is 87.4 Å². The molecule has 0 bridgehead atoms. The summed E-state index contributed by atoms with van der Waals surface area (Å²) in [5.41, 5.74) is 5.52. The molecule has 0 unspecified atom stereocenters. The van der Waals surface area contributed by atoms with Crippen molar-refractivity contribution in [2.24, 2.45) is 0 Å². The van der Waals surface area contributed by atoms with Crippen LogP contribution in [0.5, 0.6) is 5.75 Å². The SMILES string of the molecule is COc1cccc(-c2nnc(SC(c3ccccc3)c3ccccc3)n2-c2ccc(N(C)C)cc2)c1. The lowest BCUT2D eigenvalue weighted by molar-refractivity contribution is 0.415. The Bertz CT molecular complexity index is 1380. The van der Waals surface area contributed by atoms with Crippen LogP contribution in [0.1, 0.15) is 16.4 Å². The zero-order chi connectivity index (χ0) is 24.9. The smallest absolute Gasteiger partial charge is 0.197 e. The largest absolute Gasteiger partial charge is 0.497 e. The average Bonchev–Trinajstić information content (AvgIpc) is 3.36. The molecular formula is C30H28N4OS. The number of methoxy groups -OCH3 is 1. The molecule has 0 atom stereocenters. The summed E-state index contributed by atoms with van der Waals surface area (Å²) < 4.78 is 7.62. The number of hydrogen-bond acceptors (Lipinski definition) is 5. The topological polar surface area (TPSA) is 43.2 Å². The van der Waals surface area contributed by atoms with E-state index >= 15 is 0 Å². The van der Waals surface area contributed by atoms with Crippen molar-refractivity contribution in [3.63, 3.8) is 0 Å². The minimum absolute atomic E-state index is 0.0644. The second kappa shape index (κ2) is 10.7.